The topological polar surface area (TPSA) is 59.5 Å². The number of aryl methyl sites for hydroxylation is 1. The van der Waals surface area contributed by atoms with Crippen LogP contribution < -0.4 is 0 Å². The molecule has 5 nitrogen and oxygen atoms in total. The lowest BCUT2D eigenvalue weighted by molar-refractivity contribution is -0.151. The monoisotopic (exact) mass is 288 g/mol. The molecule has 1 aliphatic heterocycles. The summed E-state index contributed by atoms with van der Waals surface area (Å²) < 4.78 is 4.80. The van der Waals surface area contributed by atoms with E-state index in [1.54, 1.807) is 17.2 Å². The zero-order valence-corrected chi connectivity index (χ0v) is 12.6. The lowest BCUT2D eigenvalue weighted by Crippen LogP contribution is -2.34. The number of carbonyl (C=O) groups excluding carboxylic acids is 2. The molecule has 1 amide bonds. The van der Waals surface area contributed by atoms with Gasteiger partial charge in [-0.2, -0.15) is 0 Å². The maximum atomic E-state index is 12.2. The molecule has 0 aromatic carbocycles. The molecular formula is C16H20N2O3. The van der Waals surface area contributed by atoms with E-state index in [4.69, 9.17) is 4.74 Å². The Labute approximate surface area is 124 Å². The van der Waals surface area contributed by atoms with Crippen molar-refractivity contribution in [3.05, 3.63) is 35.7 Å². The summed E-state index contributed by atoms with van der Waals surface area (Å²) in [6.07, 6.45) is 5.62. The molecule has 112 valence electrons. The van der Waals surface area contributed by atoms with Crippen LogP contribution >= 0.6 is 0 Å². The summed E-state index contributed by atoms with van der Waals surface area (Å²) in [7, 11) is 1.38. The fraction of sp³-hybridized carbons (Fsp3) is 0.438. The third kappa shape index (κ3) is 3.48. The molecule has 5 heteroatoms. The first-order valence-corrected chi connectivity index (χ1v) is 6.93. The summed E-state index contributed by atoms with van der Waals surface area (Å²) in [5.41, 5.74) is 1.22. The van der Waals surface area contributed by atoms with Crippen molar-refractivity contribution in [1.82, 2.24) is 9.88 Å². The highest BCUT2D eigenvalue weighted by Gasteiger charge is 2.42. The second-order valence-corrected chi connectivity index (χ2v) is 5.63. The molecule has 0 bridgehead atoms. The van der Waals surface area contributed by atoms with Crippen LogP contribution in [0, 0.1) is 12.3 Å². The van der Waals surface area contributed by atoms with Crippen LogP contribution in [0.3, 0.4) is 0 Å². The summed E-state index contributed by atoms with van der Waals surface area (Å²) >= 11 is 0. The summed E-state index contributed by atoms with van der Waals surface area (Å²) in [4.78, 5) is 29.7. The van der Waals surface area contributed by atoms with E-state index in [9.17, 15) is 9.59 Å². The van der Waals surface area contributed by atoms with Crippen LogP contribution in [-0.4, -0.2) is 42.0 Å². The van der Waals surface area contributed by atoms with E-state index in [2.05, 4.69) is 4.98 Å². The Hall–Kier alpha value is -2.17. The normalized spacial score (nSPS) is 21.8. The Morgan fingerprint density at radius 2 is 2.19 bits per heavy atom. The quantitative estimate of drug-likeness (QED) is 0.629. The summed E-state index contributed by atoms with van der Waals surface area (Å²) in [5.74, 6) is -0.354. The van der Waals surface area contributed by atoms with Gasteiger partial charge in [-0.15, -0.1) is 0 Å². The molecule has 2 rings (SSSR count). The predicted octanol–water partition coefficient (Wildman–Crippen LogP) is 1.81. The van der Waals surface area contributed by atoms with E-state index < -0.39 is 5.41 Å². The molecule has 1 aromatic heterocycles. The molecule has 2 heterocycles. The Balaban J connectivity index is 1.99. The van der Waals surface area contributed by atoms with Gasteiger partial charge in [0.25, 0.3) is 0 Å². The first kappa shape index (κ1) is 15.2. The van der Waals surface area contributed by atoms with Gasteiger partial charge in [-0.3, -0.25) is 14.6 Å². The van der Waals surface area contributed by atoms with Crippen molar-refractivity contribution in [2.75, 3.05) is 20.2 Å². The van der Waals surface area contributed by atoms with Crippen molar-refractivity contribution in [2.45, 2.75) is 20.3 Å². The number of aromatic nitrogens is 1. The maximum Gasteiger partial charge on any atom is 0.313 e. The number of likely N-dealkylation sites (tertiary alicyclic amines) is 1. The summed E-state index contributed by atoms with van der Waals surface area (Å²) in [6, 6.07) is 3.81. The highest BCUT2D eigenvalue weighted by Crippen LogP contribution is 2.31. The lowest BCUT2D eigenvalue weighted by Gasteiger charge is -2.21. The van der Waals surface area contributed by atoms with E-state index in [0.29, 0.717) is 19.5 Å². The van der Waals surface area contributed by atoms with E-state index in [1.807, 2.05) is 26.0 Å². The molecule has 1 saturated heterocycles. The number of hydrogen-bond acceptors (Lipinski definition) is 4. The molecule has 1 fully saturated rings. The first-order chi connectivity index (χ1) is 9.94. The molecule has 0 aliphatic carbocycles. The van der Waals surface area contributed by atoms with Crippen molar-refractivity contribution in [3.63, 3.8) is 0 Å². The van der Waals surface area contributed by atoms with Gasteiger partial charge in [-0.1, -0.05) is 6.07 Å². The third-order valence-corrected chi connectivity index (χ3v) is 3.82. The minimum Gasteiger partial charge on any atom is -0.469 e. The van der Waals surface area contributed by atoms with Gasteiger partial charge < -0.3 is 9.64 Å². The number of ether oxygens (including phenoxy) is 1. The van der Waals surface area contributed by atoms with Gasteiger partial charge in [0, 0.05) is 31.1 Å². The number of carbonyl (C=O) groups is 2. The standard InChI is InChI=1S/C16H20N2O3/c1-12-4-5-13(10-17-12)6-7-14(19)18-9-8-16(2,11-18)15(20)21-3/h4-7,10H,8-9,11H2,1-3H3. The van der Waals surface area contributed by atoms with Crippen molar-refractivity contribution < 1.29 is 14.3 Å². The SMILES string of the molecule is COC(=O)C1(C)CCN(C(=O)C=Cc2ccc(C)nc2)C1. The Bertz CT molecular complexity index is 565. The van der Waals surface area contributed by atoms with Crippen molar-refractivity contribution >= 4 is 18.0 Å². The Morgan fingerprint density at radius 1 is 1.43 bits per heavy atom. The van der Waals surface area contributed by atoms with Crippen molar-refractivity contribution in [1.29, 1.82) is 0 Å². The van der Waals surface area contributed by atoms with E-state index in [-0.39, 0.29) is 11.9 Å². The molecule has 0 saturated carbocycles. The van der Waals surface area contributed by atoms with Gasteiger partial charge in [0.2, 0.25) is 5.91 Å². The van der Waals surface area contributed by atoms with Crippen LogP contribution in [0.1, 0.15) is 24.6 Å². The minimum absolute atomic E-state index is 0.0943. The first-order valence-electron chi connectivity index (χ1n) is 6.93. The molecule has 1 aromatic rings. The molecule has 1 atom stereocenters. The summed E-state index contributed by atoms with van der Waals surface area (Å²) in [6.45, 7) is 4.71. The fourth-order valence-corrected chi connectivity index (χ4v) is 2.41. The van der Waals surface area contributed by atoms with Crippen LogP contribution in [0.4, 0.5) is 0 Å². The average molecular weight is 288 g/mol. The van der Waals surface area contributed by atoms with Gasteiger partial charge >= 0.3 is 5.97 Å². The molecule has 0 N–H and O–H groups in total. The van der Waals surface area contributed by atoms with Crippen LogP contribution in [-0.2, 0) is 14.3 Å². The molecule has 21 heavy (non-hydrogen) atoms. The number of amides is 1. The zero-order chi connectivity index (χ0) is 15.5. The molecule has 1 unspecified atom stereocenters. The van der Waals surface area contributed by atoms with E-state index in [1.165, 1.54) is 13.2 Å². The second-order valence-electron chi connectivity index (χ2n) is 5.63. The van der Waals surface area contributed by atoms with Crippen molar-refractivity contribution in [2.24, 2.45) is 5.41 Å². The van der Waals surface area contributed by atoms with Crippen LogP contribution in [0.5, 0.6) is 0 Å². The average Bonchev–Trinajstić information content (AvgIpc) is 2.89. The van der Waals surface area contributed by atoms with Crippen LogP contribution in [0.25, 0.3) is 6.08 Å². The number of esters is 1. The van der Waals surface area contributed by atoms with E-state index >= 15 is 0 Å². The van der Waals surface area contributed by atoms with Gasteiger partial charge in [0.15, 0.2) is 0 Å². The van der Waals surface area contributed by atoms with Gasteiger partial charge in [0.05, 0.1) is 12.5 Å². The van der Waals surface area contributed by atoms with Crippen LogP contribution in [0.2, 0.25) is 0 Å². The highest BCUT2D eigenvalue weighted by molar-refractivity contribution is 5.92. The van der Waals surface area contributed by atoms with Gasteiger partial charge in [-0.05, 0) is 38.0 Å². The molecule has 0 radical (unpaired) electrons. The molecule has 0 spiro atoms. The van der Waals surface area contributed by atoms with E-state index in [0.717, 1.165) is 11.3 Å². The minimum atomic E-state index is -0.594. The second kappa shape index (κ2) is 6.08. The predicted molar refractivity (Wildman–Crippen MR) is 79.3 cm³/mol. The number of rotatable bonds is 3. The summed E-state index contributed by atoms with van der Waals surface area (Å²) in [5, 5.41) is 0. The number of methoxy groups -OCH3 is 1. The van der Waals surface area contributed by atoms with Crippen molar-refractivity contribution in [3.8, 4) is 0 Å². The third-order valence-electron chi connectivity index (χ3n) is 3.82. The maximum absolute atomic E-state index is 12.2. The Kier molecular flexibility index (Phi) is 4.40. The smallest absolute Gasteiger partial charge is 0.313 e. The number of pyridine rings is 1. The lowest BCUT2D eigenvalue weighted by atomic mass is 9.90. The fourth-order valence-electron chi connectivity index (χ4n) is 2.41. The molecule has 1 aliphatic rings. The Morgan fingerprint density at radius 3 is 2.81 bits per heavy atom. The largest absolute Gasteiger partial charge is 0.469 e. The number of hydrogen-bond donors (Lipinski definition) is 0. The van der Waals surface area contributed by atoms with Gasteiger partial charge in [-0.25, -0.2) is 0 Å². The zero-order valence-electron chi connectivity index (χ0n) is 12.6. The number of nitrogens with zero attached hydrogens (tertiary/aromatic N) is 2. The van der Waals surface area contributed by atoms with Gasteiger partial charge in [0.1, 0.15) is 0 Å². The van der Waals surface area contributed by atoms with Crippen LogP contribution in [0.15, 0.2) is 24.4 Å². The highest BCUT2D eigenvalue weighted by atomic mass is 16.5. The molecular weight excluding hydrogens is 268 g/mol.